The summed E-state index contributed by atoms with van der Waals surface area (Å²) in [6.45, 7) is 7.21. The van der Waals surface area contributed by atoms with E-state index < -0.39 is 0 Å². The van der Waals surface area contributed by atoms with Gasteiger partial charge in [-0.15, -0.1) is 0 Å². The summed E-state index contributed by atoms with van der Waals surface area (Å²) < 4.78 is 5.82. The van der Waals surface area contributed by atoms with Crippen LogP contribution in [0, 0.1) is 0 Å². The Hall–Kier alpha value is -2.33. The fourth-order valence-corrected chi connectivity index (χ4v) is 3.23. The zero-order valence-electron chi connectivity index (χ0n) is 15.8. The number of hydrogen-bond donors (Lipinski definition) is 2. The summed E-state index contributed by atoms with van der Waals surface area (Å²) >= 11 is 0. The van der Waals surface area contributed by atoms with E-state index in [0.717, 1.165) is 24.0 Å². The number of benzene rings is 2. The molecule has 4 nitrogen and oxygen atoms in total. The molecule has 26 heavy (non-hydrogen) atoms. The Morgan fingerprint density at radius 2 is 1.88 bits per heavy atom. The predicted molar refractivity (Wildman–Crippen MR) is 104 cm³/mol. The number of rotatable bonds is 5. The van der Waals surface area contributed by atoms with Crippen molar-refractivity contribution in [1.82, 2.24) is 10.6 Å². The van der Waals surface area contributed by atoms with E-state index in [9.17, 15) is 4.79 Å². The first-order chi connectivity index (χ1) is 12.4. The number of carbonyl (C=O) groups excluding carboxylic acids is 1. The fourth-order valence-electron chi connectivity index (χ4n) is 3.23. The first kappa shape index (κ1) is 18.5. The second kappa shape index (κ2) is 7.92. The smallest absolute Gasteiger partial charge is 0.315 e. The van der Waals surface area contributed by atoms with Crippen LogP contribution in [0.3, 0.4) is 0 Å². The van der Waals surface area contributed by atoms with E-state index in [1.54, 1.807) is 0 Å². The van der Waals surface area contributed by atoms with Crippen LogP contribution in [-0.2, 0) is 24.3 Å². The van der Waals surface area contributed by atoms with Gasteiger partial charge in [-0.05, 0) is 55.9 Å². The molecular formula is C22H28N2O2. The largest absolute Gasteiger partial charge is 0.371 e. The van der Waals surface area contributed by atoms with Crippen LogP contribution in [0.25, 0.3) is 0 Å². The molecule has 4 heteroatoms. The lowest BCUT2D eigenvalue weighted by Gasteiger charge is -2.19. The number of fused-ring (bicyclic) bond motifs is 1. The van der Waals surface area contributed by atoms with E-state index >= 15 is 0 Å². The molecule has 0 spiro atoms. The monoisotopic (exact) mass is 352 g/mol. The van der Waals surface area contributed by atoms with Gasteiger partial charge in [0.2, 0.25) is 0 Å². The zero-order chi connectivity index (χ0) is 18.6. The average Bonchev–Trinajstić information content (AvgIpc) is 3.01. The maximum absolute atomic E-state index is 12.3. The molecule has 1 unspecified atom stereocenters. The average molecular weight is 352 g/mol. The SMILES string of the molecule is CC(C)(C)OCc1cccc(CNC(=O)NC2CCc3ccccc32)c1. The van der Waals surface area contributed by atoms with Crippen molar-refractivity contribution in [1.29, 1.82) is 0 Å². The summed E-state index contributed by atoms with van der Waals surface area (Å²) in [4.78, 5) is 12.3. The summed E-state index contributed by atoms with van der Waals surface area (Å²) in [5, 5.41) is 6.06. The molecule has 2 N–H and O–H groups in total. The lowest BCUT2D eigenvalue weighted by atomic mass is 10.1. The van der Waals surface area contributed by atoms with Crippen molar-refractivity contribution in [3.63, 3.8) is 0 Å². The molecule has 0 saturated carbocycles. The maximum Gasteiger partial charge on any atom is 0.315 e. The highest BCUT2D eigenvalue weighted by Crippen LogP contribution is 2.30. The van der Waals surface area contributed by atoms with Gasteiger partial charge in [0.15, 0.2) is 0 Å². The number of urea groups is 1. The van der Waals surface area contributed by atoms with Gasteiger partial charge in [-0.3, -0.25) is 0 Å². The van der Waals surface area contributed by atoms with Gasteiger partial charge in [-0.1, -0.05) is 48.5 Å². The molecule has 0 saturated heterocycles. The molecule has 0 fully saturated rings. The predicted octanol–water partition coefficient (Wildman–Crippen LogP) is 4.49. The lowest BCUT2D eigenvalue weighted by molar-refractivity contribution is -0.0149. The third-order valence-electron chi connectivity index (χ3n) is 4.55. The molecule has 2 aromatic carbocycles. The van der Waals surface area contributed by atoms with Crippen molar-refractivity contribution in [3.05, 3.63) is 70.8 Å². The standard InChI is InChI=1S/C22H28N2O2/c1-22(2,3)26-15-17-8-6-7-16(13-17)14-23-21(25)24-20-12-11-18-9-4-5-10-19(18)20/h4-10,13,20H,11-12,14-15H2,1-3H3,(H2,23,24,25). The molecule has 0 aliphatic heterocycles. The first-order valence-corrected chi connectivity index (χ1v) is 9.25. The molecule has 3 rings (SSSR count). The summed E-state index contributed by atoms with van der Waals surface area (Å²) in [6.07, 6.45) is 1.99. The number of aryl methyl sites for hydroxylation is 1. The molecule has 1 aliphatic carbocycles. The first-order valence-electron chi connectivity index (χ1n) is 9.25. The molecule has 138 valence electrons. The van der Waals surface area contributed by atoms with Gasteiger partial charge in [0.25, 0.3) is 0 Å². The van der Waals surface area contributed by atoms with Crippen molar-refractivity contribution in [2.45, 2.75) is 58.4 Å². The minimum atomic E-state index is -0.161. The Kier molecular flexibility index (Phi) is 5.62. The Morgan fingerprint density at radius 3 is 2.69 bits per heavy atom. The van der Waals surface area contributed by atoms with Gasteiger partial charge < -0.3 is 15.4 Å². The van der Waals surface area contributed by atoms with E-state index in [-0.39, 0.29) is 17.7 Å². The quantitative estimate of drug-likeness (QED) is 0.833. The Morgan fingerprint density at radius 1 is 1.12 bits per heavy atom. The van der Waals surface area contributed by atoms with Gasteiger partial charge in [-0.2, -0.15) is 0 Å². The third-order valence-corrected chi connectivity index (χ3v) is 4.55. The molecule has 2 amide bonds. The van der Waals surface area contributed by atoms with E-state index in [0.29, 0.717) is 13.2 Å². The second-order valence-electron chi connectivity index (χ2n) is 7.84. The van der Waals surface area contributed by atoms with E-state index in [1.807, 2.05) is 45.0 Å². The molecule has 2 aromatic rings. The number of carbonyl (C=O) groups is 1. The number of ether oxygens (including phenoxy) is 1. The Bertz CT molecular complexity index is 765. The van der Waals surface area contributed by atoms with Gasteiger partial charge in [-0.25, -0.2) is 4.79 Å². The lowest BCUT2D eigenvalue weighted by Crippen LogP contribution is -2.36. The van der Waals surface area contributed by atoms with Crippen molar-refractivity contribution in [2.75, 3.05) is 0 Å². The Balaban J connectivity index is 1.51. The van der Waals surface area contributed by atoms with Gasteiger partial charge >= 0.3 is 6.03 Å². The van der Waals surface area contributed by atoms with Crippen LogP contribution >= 0.6 is 0 Å². The van der Waals surface area contributed by atoms with Crippen molar-refractivity contribution in [3.8, 4) is 0 Å². The Labute approximate surface area is 156 Å². The number of hydrogen-bond acceptors (Lipinski definition) is 2. The van der Waals surface area contributed by atoms with Crippen LogP contribution in [0.1, 0.15) is 55.5 Å². The van der Waals surface area contributed by atoms with Crippen LogP contribution < -0.4 is 10.6 Å². The van der Waals surface area contributed by atoms with Crippen molar-refractivity contribution < 1.29 is 9.53 Å². The molecular weight excluding hydrogens is 324 g/mol. The molecule has 1 atom stereocenters. The van der Waals surface area contributed by atoms with Gasteiger partial charge in [0, 0.05) is 6.54 Å². The van der Waals surface area contributed by atoms with Crippen molar-refractivity contribution in [2.24, 2.45) is 0 Å². The van der Waals surface area contributed by atoms with Crippen LogP contribution in [0.15, 0.2) is 48.5 Å². The minimum Gasteiger partial charge on any atom is -0.371 e. The van der Waals surface area contributed by atoms with Gasteiger partial charge in [0.05, 0.1) is 18.2 Å². The fraction of sp³-hybridized carbons (Fsp3) is 0.409. The molecule has 0 aromatic heterocycles. The highest BCUT2D eigenvalue weighted by Gasteiger charge is 2.23. The second-order valence-corrected chi connectivity index (χ2v) is 7.84. The minimum absolute atomic E-state index is 0.109. The van der Waals surface area contributed by atoms with E-state index in [2.05, 4.69) is 34.9 Å². The van der Waals surface area contributed by atoms with E-state index in [4.69, 9.17) is 4.74 Å². The van der Waals surface area contributed by atoms with Crippen LogP contribution in [0.2, 0.25) is 0 Å². The number of amides is 2. The summed E-state index contributed by atoms with van der Waals surface area (Å²) in [7, 11) is 0. The van der Waals surface area contributed by atoms with E-state index in [1.165, 1.54) is 11.1 Å². The molecule has 0 bridgehead atoms. The highest BCUT2D eigenvalue weighted by molar-refractivity contribution is 5.74. The zero-order valence-corrected chi connectivity index (χ0v) is 15.8. The molecule has 0 radical (unpaired) electrons. The van der Waals surface area contributed by atoms with Crippen LogP contribution in [-0.4, -0.2) is 11.6 Å². The number of nitrogens with one attached hydrogen (secondary N) is 2. The topological polar surface area (TPSA) is 50.4 Å². The third kappa shape index (κ3) is 5.09. The normalized spacial score (nSPS) is 16.2. The van der Waals surface area contributed by atoms with Crippen LogP contribution in [0.5, 0.6) is 0 Å². The highest BCUT2D eigenvalue weighted by atomic mass is 16.5. The molecule has 1 aliphatic rings. The molecule has 0 heterocycles. The summed E-state index contributed by atoms with van der Waals surface area (Å²) in [6, 6.07) is 16.5. The summed E-state index contributed by atoms with van der Waals surface area (Å²) in [5.74, 6) is 0. The summed E-state index contributed by atoms with van der Waals surface area (Å²) in [5.41, 5.74) is 4.60. The van der Waals surface area contributed by atoms with Crippen LogP contribution in [0.4, 0.5) is 4.79 Å². The van der Waals surface area contributed by atoms with Gasteiger partial charge in [0.1, 0.15) is 0 Å². The van der Waals surface area contributed by atoms with Crippen molar-refractivity contribution >= 4 is 6.03 Å². The maximum atomic E-state index is 12.3.